The molecule has 0 saturated heterocycles. The Labute approximate surface area is 73.8 Å². The summed E-state index contributed by atoms with van der Waals surface area (Å²) in [5, 5.41) is 8.75. The first-order valence-corrected chi connectivity index (χ1v) is 4.22. The van der Waals surface area contributed by atoms with E-state index in [0.29, 0.717) is 4.88 Å². The first kappa shape index (κ1) is 8.99. The lowest BCUT2D eigenvalue weighted by Gasteiger charge is -1.94. The van der Waals surface area contributed by atoms with Gasteiger partial charge in [-0.1, -0.05) is 11.3 Å². The van der Waals surface area contributed by atoms with Crippen LogP contribution in [0.3, 0.4) is 0 Å². The van der Waals surface area contributed by atoms with Crippen molar-refractivity contribution in [2.45, 2.75) is 6.92 Å². The molecule has 12 heavy (non-hydrogen) atoms. The number of aromatic carboxylic acids is 1. The molecule has 0 aliphatic carbocycles. The molecule has 1 heterocycles. The smallest absolute Gasteiger partial charge is 0.347 e. The molecular formula is C7H10N2O2S. The van der Waals surface area contributed by atoms with E-state index in [1.165, 1.54) is 11.3 Å². The molecule has 1 aromatic rings. The Morgan fingerprint density at radius 1 is 1.67 bits per heavy atom. The van der Waals surface area contributed by atoms with Crippen molar-refractivity contribution in [3.8, 4) is 0 Å². The lowest BCUT2D eigenvalue weighted by molar-refractivity contribution is 0.0701. The minimum absolute atomic E-state index is 0.359. The minimum Gasteiger partial charge on any atom is -0.477 e. The second-order valence-electron chi connectivity index (χ2n) is 2.39. The third-order valence-electron chi connectivity index (χ3n) is 1.70. The van der Waals surface area contributed by atoms with Crippen molar-refractivity contribution in [1.82, 2.24) is 4.57 Å². The van der Waals surface area contributed by atoms with E-state index in [-0.39, 0.29) is 0 Å². The average Bonchev–Trinajstić information content (AvgIpc) is 2.30. The van der Waals surface area contributed by atoms with Crippen LogP contribution in [0.15, 0.2) is 4.99 Å². The summed E-state index contributed by atoms with van der Waals surface area (Å²) in [6, 6.07) is 0. The lowest BCUT2D eigenvalue weighted by atomic mass is 10.4. The zero-order valence-corrected chi connectivity index (χ0v) is 7.97. The SMILES string of the molecule is C/N=c1\sc(C(=O)O)c(C)n1C. The standard InChI is InChI=1S/C7H10N2O2S/c1-4-5(6(10)11)12-7(8-2)9(4)3/h1-3H3,(H,10,11)/b8-7-. The van der Waals surface area contributed by atoms with Gasteiger partial charge in [0.2, 0.25) is 0 Å². The molecule has 1 N–H and O–H groups in total. The topological polar surface area (TPSA) is 54.6 Å². The molecule has 0 fully saturated rings. The minimum atomic E-state index is -0.886. The third kappa shape index (κ3) is 1.27. The molecule has 0 aliphatic rings. The van der Waals surface area contributed by atoms with Crippen molar-refractivity contribution in [2.24, 2.45) is 12.0 Å². The van der Waals surface area contributed by atoms with Crippen LogP contribution in [0.25, 0.3) is 0 Å². The summed E-state index contributed by atoms with van der Waals surface area (Å²) in [7, 11) is 3.46. The predicted octanol–water partition coefficient (Wildman–Crippen LogP) is 0.624. The first-order chi connectivity index (χ1) is 5.57. The molecule has 0 saturated carbocycles. The summed E-state index contributed by atoms with van der Waals surface area (Å²) < 4.78 is 1.77. The molecule has 0 radical (unpaired) electrons. The maximum absolute atomic E-state index is 10.7. The summed E-state index contributed by atoms with van der Waals surface area (Å²) >= 11 is 1.19. The number of nitrogens with zero attached hydrogens (tertiary/aromatic N) is 2. The maximum Gasteiger partial charge on any atom is 0.347 e. The molecule has 0 spiro atoms. The molecule has 5 heteroatoms. The van der Waals surface area contributed by atoms with Gasteiger partial charge in [0.05, 0.1) is 0 Å². The van der Waals surface area contributed by atoms with E-state index >= 15 is 0 Å². The van der Waals surface area contributed by atoms with Gasteiger partial charge in [0.25, 0.3) is 0 Å². The van der Waals surface area contributed by atoms with Crippen LogP contribution in [0.4, 0.5) is 0 Å². The van der Waals surface area contributed by atoms with E-state index in [2.05, 4.69) is 4.99 Å². The highest BCUT2D eigenvalue weighted by atomic mass is 32.1. The van der Waals surface area contributed by atoms with Crippen LogP contribution < -0.4 is 4.80 Å². The van der Waals surface area contributed by atoms with Crippen LogP contribution in [0.1, 0.15) is 15.4 Å². The van der Waals surface area contributed by atoms with Crippen LogP contribution in [0.5, 0.6) is 0 Å². The van der Waals surface area contributed by atoms with Crippen LogP contribution in [-0.2, 0) is 7.05 Å². The number of hydrogen-bond acceptors (Lipinski definition) is 3. The van der Waals surface area contributed by atoms with Crippen molar-refractivity contribution in [1.29, 1.82) is 0 Å². The Morgan fingerprint density at radius 2 is 2.25 bits per heavy atom. The van der Waals surface area contributed by atoms with E-state index in [4.69, 9.17) is 5.11 Å². The molecule has 1 rings (SSSR count). The molecular weight excluding hydrogens is 176 g/mol. The molecule has 0 amide bonds. The molecule has 0 bridgehead atoms. The van der Waals surface area contributed by atoms with E-state index in [1.807, 2.05) is 0 Å². The van der Waals surface area contributed by atoms with Crippen LogP contribution in [-0.4, -0.2) is 22.7 Å². The number of thiazole rings is 1. The van der Waals surface area contributed by atoms with Gasteiger partial charge < -0.3 is 9.67 Å². The van der Waals surface area contributed by atoms with Gasteiger partial charge in [-0.15, -0.1) is 0 Å². The largest absolute Gasteiger partial charge is 0.477 e. The first-order valence-electron chi connectivity index (χ1n) is 3.40. The number of carboxylic acids is 1. The Balaban J connectivity index is 3.46. The summed E-state index contributed by atoms with van der Waals surface area (Å²) in [4.78, 5) is 15.7. The zero-order chi connectivity index (χ0) is 9.30. The van der Waals surface area contributed by atoms with Gasteiger partial charge in [-0.05, 0) is 6.92 Å². The second-order valence-corrected chi connectivity index (χ2v) is 3.36. The Hall–Kier alpha value is -1.10. The van der Waals surface area contributed by atoms with Gasteiger partial charge in [0, 0.05) is 19.8 Å². The van der Waals surface area contributed by atoms with Gasteiger partial charge >= 0.3 is 5.97 Å². The zero-order valence-electron chi connectivity index (χ0n) is 7.16. The fraction of sp³-hybridized carbons (Fsp3) is 0.429. The predicted molar refractivity (Wildman–Crippen MR) is 46.5 cm³/mol. The monoisotopic (exact) mass is 186 g/mol. The van der Waals surface area contributed by atoms with Crippen molar-refractivity contribution in [3.05, 3.63) is 15.4 Å². The van der Waals surface area contributed by atoms with Crippen LogP contribution >= 0.6 is 11.3 Å². The van der Waals surface area contributed by atoms with Crippen LogP contribution in [0.2, 0.25) is 0 Å². The molecule has 0 unspecified atom stereocenters. The fourth-order valence-electron chi connectivity index (χ4n) is 0.923. The lowest BCUT2D eigenvalue weighted by Crippen LogP contribution is -2.10. The second kappa shape index (κ2) is 3.10. The van der Waals surface area contributed by atoms with E-state index in [1.54, 1.807) is 25.6 Å². The number of carbonyl (C=O) groups is 1. The van der Waals surface area contributed by atoms with Crippen LogP contribution in [0, 0.1) is 6.92 Å². The Morgan fingerprint density at radius 3 is 2.50 bits per heavy atom. The fourth-order valence-corrected chi connectivity index (χ4v) is 1.84. The Bertz CT molecular complexity index is 375. The van der Waals surface area contributed by atoms with Crippen molar-refractivity contribution in [3.63, 3.8) is 0 Å². The maximum atomic E-state index is 10.7. The highest BCUT2D eigenvalue weighted by molar-refractivity contribution is 7.11. The van der Waals surface area contributed by atoms with Gasteiger partial charge in [0.1, 0.15) is 4.88 Å². The molecule has 0 atom stereocenters. The van der Waals surface area contributed by atoms with E-state index in [0.717, 1.165) is 10.5 Å². The van der Waals surface area contributed by atoms with Crippen molar-refractivity contribution < 1.29 is 9.90 Å². The third-order valence-corrected chi connectivity index (χ3v) is 3.01. The molecule has 0 aliphatic heterocycles. The van der Waals surface area contributed by atoms with E-state index < -0.39 is 5.97 Å². The quantitative estimate of drug-likeness (QED) is 0.699. The van der Waals surface area contributed by atoms with E-state index in [9.17, 15) is 4.79 Å². The summed E-state index contributed by atoms with van der Waals surface area (Å²) in [6.45, 7) is 1.77. The summed E-state index contributed by atoms with van der Waals surface area (Å²) in [6.07, 6.45) is 0. The summed E-state index contributed by atoms with van der Waals surface area (Å²) in [5.41, 5.74) is 0.744. The molecule has 0 aromatic carbocycles. The van der Waals surface area contributed by atoms with Gasteiger partial charge in [-0.3, -0.25) is 4.99 Å². The van der Waals surface area contributed by atoms with Gasteiger partial charge in [-0.25, -0.2) is 4.79 Å². The Kier molecular flexibility index (Phi) is 2.32. The van der Waals surface area contributed by atoms with Crippen molar-refractivity contribution >= 4 is 17.3 Å². The highest BCUT2D eigenvalue weighted by Gasteiger charge is 2.12. The number of rotatable bonds is 1. The number of aromatic nitrogens is 1. The normalized spacial score (nSPS) is 12.1. The number of hydrogen-bond donors (Lipinski definition) is 1. The molecule has 1 aromatic heterocycles. The van der Waals surface area contributed by atoms with Gasteiger partial charge in [0.15, 0.2) is 4.80 Å². The summed E-state index contributed by atoms with van der Waals surface area (Å²) in [5.74, 6) is -0.886. The number of carboxylic acid groups (broad SMARTS) is 1. The average molecular weight is 186 g/mol. The molecule has 4 nitrogen and oxygen atoms in total. The van der Waals surface area contributed by atoms with Gasteiger partial charge in [-0.2, -0.15) is 0 Å². The van der Waals surface area contributed by atoms with Crippen molar-refractivity contribution in [2.75, 3.05) is 7.05 Å². The highest BCUT2D eigenvalue weighted by Crippen LogP contribution is 2.09. The molecule has 66 valence electrons.